The third-order valence-corrected chi connectivity index (χ3v) is 4.54. The van der Waals surface area contributed by atoms with Crippen LogP contribution in [0.25, 0.3) is 17.1 Å². The Balaban J connectivity index is 1.66. The van der Waals surface area contributed by atoms with Crippen molar-refractivity contribution in [2.45, 2.75) is 26.7 Å². The van der Waals surface area contributed by atoms with Crippen LogP contribution in [0.4, 0.5) is 24.8 Å². The van der Waals surface area contributed by atoms with Crippen LogP contribution >= 0.6 is 0 Å². The largest absolute Gasteiger partial charge is 0.325 e. The third-order valence-electron chi connectivity index (χ3n) is 4.54. The second kappa shape index (κ2) is 7.97. The SMILES string of the molecule is CCc1c(-c2ccc(F)cc2)n[nH]c1Nc1cc(-n2nc(C)cc2C(F)F)ncn1. The highest BCUT2D eigenvalue weighted by Crippen LogP contribution is 2.29. The molecule has 30 heavy (non-hydrogen) atoms. The Morgan fingerprint density at radius 3 is 2.60 bits per heavy atom. The van der Waals surface area contributed by atoms with Crippen molar-refractivity contribution in [2.75, 3.05) is 5.32 Å². The van der Waals surface area contributed by atoms with Gasteiger partial charge in [-0.1, -0.05) is 6.92 Å². The predicted octanol–water partition coefficient (Wildman–Crippen LogP) is 4.74. The zero-order valence-electron chi connectivity index (χ0n) is 16.2. The van der Waals surface area contributed by atoms with Crippen LogP contribution in [0.1, 0.15) is 30.3 Å². The molecule has 0 aliphatic rings. The summed E-state index contributed by atoms with van der Waals surface area (Å²) in [7, 11) is 0. The van der Waals surface area contributed by atoms with Gasteiger partial charge in [-0.25, -0.2) is 27.8 Å². The van der Waals surface area contributed by atoms with Crippen molar-refractivity contribution >= 4 is 11.6 Å². The summed E-state index contributed by atoms with van der Waals surface area (Å²) >= 11 is 0. The first kappa shape index (κ1) is 19.6. The first-order valence-corrected chi connectivity index (χ1v) is 9.23. The fraction of sp³-hybridized carbons (Fsp3) is 0.200. The average molecular weight is 413 g/mol. The van der Waals surface area contributed by atoms with Gasteiger partial charge in [-0.2, -0.15) is 10.2 Å². The molecule has 10 heteroatoms. The van der Waals surface area contributed by atoms with Gasteiger partial charge in [0.2, 0.25) is 0 Å². The smallest absolute Gasteiger partial charge is 0.280 e. The number of H-pyrrole nitrogens is 1. The Morgan fingerprint density at radius 1 is 1.13 bits per heavy atom. The van der Waals surface area contributed by atoms with Gasteiger partial charge < -0.3 is 5.32 Å². The minimum Gasteiger partial charge on any atom is -0.325 e. The molecule has 154 valence electrons. The molecule has 1 aromatic carbocycles. The molecule has 4 aromatic rings. The molecule has 0 saturated heterocycles. The molecule has 0 aliphatic carbocycles. The van der Waals surface area contributed by atoms with E-state index in [0.29, 0.717) is 29.4 Å². The Kier molecular flexibility index (Phi) is 5.21. The highest BCUT2D eigenvalue weighted by Gasteiger charge is 2.19. The van der Waals surface area contributed by atoms with E-state index in [9.17, 15) is 13.2 Å². The maximum Gasteiger partial charge on any atom is 0.280 e. The molecule has 4 rings (SSSR count). The molecule has 3 heterocycles. The van der Waals surface area contributed by atoms with E-state index in [1.54, 1.807) is 19.1 Å². The van der Waals surface area contributed by atoms with Crippen molar-refractivity contribution in [3.63, 3.8) is 0 Å². The molecule has 0 saturated carbocycles. The van der Waals surface area contributed by atoms with Gasteiger partial charge in [-0.15, -0.1) is 0 Å². The van der Waals surface area contributed by atoms with Gasteiger partial charge in [0, 0.05) is 17.2 Å². The number of alkyl halides is 2. The van der Waals surface area contributed by atoms with E-state index in [-0.39, 0.29) is 17.3 Å². The van der Waals surface area contributed by atoms with Crippen molar-refractivity contribution in [1.82, 2.24) is 29.9 Å². The molecule has 7 nitrogen and oxygen atoms in total. The molecule has 0 spiro atoms. The molecule has 3 aromatic heterocycles. The number of hydrogen-bond donors (Lipinski definition) is 2. The van der Waals surface area contributed by atoms with Crippen LogP contribution in [-0.4, -0.2) is 29.9 Å². The predicted molar refractivity (Wildman–Crippen MR) is 105 cm³/mol. The van der Waals surface area contributed by atoms with Crippen LogP contribution in [0.2, 0.25) is 0 Å². The van der Waals surface area contributed by atoms with Crippen LogP contribution in [-0.2, 0) is 6.42 Å². The van der Waals surface area contributed by atoms with Crippen LogP contribution in [0, 0.1) is 12.7 Å². The first-order valence-electron chi connectivity index (χ1n) is 9.23. The highest BCUT2D eigenvalue weighted by molar-refractivity contribution is 5.71. The monoisotopic (exact) mass is 413 g/mol. The summed E-state index contributed by atoms with van der Waals surface area (Å²) in [5, 5.41) is 14.5. The number of aryl methyl sites for hydroxylation is 1. The molecule has 0 atom stereocenters. The molecular weight excluding hydrogens is 395 g/mol. The van der Waals surface area contributed by atoms with Crippen LogP contribution in [0.5, 0.6) is 0 Å². The van der Waals surface area contributed by atoms with E-state index < -0.39 is 6.43 Å². The zero-order valence-corrected chi connectivity index (χ0v) is 16.2. The van der Waals surface area contributed by atoms with E-state index in [2.05, 4.69) is 30.6 Å². The standard InChI is InChI=1S/C20H18F3N7/c1-3-14-18(12-4-6-13(21)7-5-12)27-28-20(14)26-16-9-17(25-10-24-16)30-15(19(22)23)8-11(2)29-30/h4-10,19H,3H2,1-2H3,(H2,24,25,26,27,28). The topological polar surface area (TPSA) is 84.3 Å². The molecule has 0 aliphatic heterocycles. The lowest BCUT2D eigenvalue weighted by molar-refractivity contribution is 0.142. The zero-order chi connectivity index (χ0) is 21.3. The van der Waals surface area contributed by atoms with Crippen molar-refractivity contribution in [1.29, 1.82) is 0 Å². The third kappa shape index (κ3) is 3.76. The lowest BCUT2D eigenvalue weighted by Gasteiger charge is -2.09. The molecular formula is C20H18F3N7. The summed E-state index contributed by atoms with van der Waals surface area (Å²) < 4.78 is 40.9. The second-order valence-corrected chi connectivity index (χ2v) is 6.60. The van der Waals surface area contributed by atoms with E-state index in [4.69, 9.17) is 0 Å². The molecule has 2 N–H and O–H groups in total. The molecule has 0 unspecified atom stereocenters. The Bertz CT molecular complexity index is 1170. The fourth-order valence-electron chi connectivity index (χ4n) is 3.18. The van der Waals surface area contributed by atoms with Crippen molar-refractivity contribution in [3.05, 3.63) is 65.5 Å². The normalized spacial score (nSPS) is 11.3. The highest BCUT2D eigenvalue weighted by atomic mass is 19.3. The van der Waals surface area contributed by atoms with Gasteiger partial charge in [0.1, 0.15) is 29.5 Å². The molecule has 0 fully saturated rings. The van der Waals surface area contributed by atoms with E-state index in [1.165, 1.54) is 30.6 Å². The second-order valence-electron chi connectivity index (χ2n) is 6.60. The van der Waals surface area contributed by atoms with E-state index in [0.717, 1.165) is 15.8 Å². The Labute approximate surface area is 170 Å². The summed E-state index contributed by atoms with van der Waals surface area (Å²) in [5.74, 6) is 0.882. The van der Waals surface area contributed by atoms with Gasteiger partial charge in [0.25, 0.3) is 6.43 Å². The van der Waals surface area contributed by atoms with E-state index >= 15 is 0 Å². The number of nitrogens with zero attached hydrogens (tertiary/aromatic N) is 5. The number of benzene rings is 1. The summed E-state index contributed by atoms with van der Waals surface area (Å²) in [6.07, 6.45) is -0.764. The number of rotatable bonds is 6. The maximum absolute atomic E-state index is 13.3. The van der Waals surface area contributed by atoms with Crippen molar-refractivity contribution in [3.8, 4) is 17.1 Å². The van der Waals surface area contributed by atoms with Gasteiger partial charge in [0.05, 0.1) is 11.4 Å². The van der Waals surface area contributed by atoms with Crippen LogP contribution in [0.15, 0.2) is 42.7 Å². The number of aromatic amines is 1. The molecule has 0 bridgehead atoms. The Morgan fingerprint density at radius 2 is 1.90 bits per heavy atom. The van der Waals surface area contributed by atoms with Crippen molar-refractivity contribution < 1.29 is 13.2 Å². The number of halogens is 3. The first-order chi connectivity index (χ1) is 14.5. The lowest BCUT2D eigenvalue weighted by atomic mass is 10.1. The van der Waals surface area contributed by atoms with Gasteiger partial charge in [-0.3, -0.25) is 5.10 Å². The number of nitrogens with one attached hydrogen (secondary N) is 2. The lowest BCUT2D eigenvalue weighted by Crippen LogP contribution is -2.07. The van der Waals surface area contributed by atoms with Crippen LogP contribution in [0.3, 0.4) is 0 Å². The summed E-state index contributed by atoms with van der Waals surface area (Å²) in [5.41, 5.74) is 2.56. The Hall–Kier alpha value is -3.69. The minimum atomic E-state index is -2.69. The quantitative estimate of drug-likeness (QED) is 0.477. The van der Waals surface area contributed by atoms with E-state index in [1.807, 2.05) is 6.92 Å². The summed E-state index contributed by atoms with van der Waals surface area (Å²) in [6, 6.07) is 8.90. The van der Waals surface area contributed by atoms with Crippen molar-refractivity contribution in [2.24, 2.45) is 0 Å². The fourth-order valence-corrected chi connectivity index (χ4v) is 3.18. The minimum absolute atomic E-state index is 0.215. The number of anilines is 2. The van der Waals surface area contributed by atoms with Gasteiger partial charge in [-0.05, 0) is 43.7 Å². The average Bonchev–Trinajstić information content (AvgIpc) is 3.32. The number of hydrogen-bond acceptors (Lipinski definition) is 5. The molecule has 0 amide bonds. The summed E-state index contributed by atoms with van der Waals surface area (Å²) in [6.45, 7) is 3.60. The van der Waals surface area contributed by atoms with Gasteiger partial charge >= 0.3 is 0 Å². The maximum atomic E-state index is 13.3. The van der Waals surface area contributed by atoms with Crippen LogP contribution < -0.4 is 5.32 Å². The molecule has 0 radical (unpaired) electrons. The van der Waals surface area contributed by atoms with Gasteiger partial charge in [0.15, 0.2) is 5.82 Å². The number of aromatic nitrogens is 6. The summed E-state index contributed by atoms with van der Waals surface area (Å²) in [4.78, 5) is 8.23.